The maximum Gasteiger partial charge on any atom is 0.0854 e. The molecule has 1 N–H and O–H groups in total. The van der Waals surface area contributed by atoms with E-state index in [4.69, 9.17) is 5.11 Å². The van der Waals surface area contributed by atoms with Crippen LogP contribution in [0.1, 0.15) is 6.42 Å². The molecule has 8 heavy (non-hydrogen) atoms. The lowest BCUT2D eigenvalue weighted by molar-refractivity contribution is -0.870. The second-order valence-electron chi connectivity index (χ2n) is 2.99. The number of hydrogen-bond donors (Lipinski definition) is 1. The van der Waals surface area contributed by atoms with Gasteiger partial charge in [-0.3, -0.25) is 0 Å². The molecule has 0 bridgehead atoms. The SMILES string of the molecule is C[N+](C)(C)CC[CH]O. The van der Waals surface area contributed by atoms with Crippen LogP contribution in [0.5, 0.6) is 0 Å². The molecule has 0 aromatic carbocycles. The molecule has 0 atom stereocenters. The predicted molar refractivity (Wildman–Crippen MR) is 33.8 cm³/mol. The van der Waals surface area contributed by atoms with Gasteiger partial charge in [0.1, 0.15) is 0 Å². The van der Waals surface area contributed by atoms with E-state index in [1.165, 1.54) is 6.61 Å². The summed E-state index contributed by atoms with van der Waals surface area (Å²) < 4.78 is 0.914. The number of quaternary nitrogens is 1. The van der Waals surface area contributed by atoms with Gasteiger partial charge in [0.2, 0.25) is 0 Å². The molecule has 2 heteroatoms. The smallest absolute Gasteiger partial charge is 0.0854 e. The van der Waals surface area contributed by atoms with Crippen LogP contribution in [0.25, 0.3) is 0 Å². The molecule has 0 spiro atoms. The van der Waals surface area contributed by atoms with Gasteiger partial charge < -0.3 is 9.59 Å². The highest BCUT2D eigenvalue weighted by Crippen LogP contribution is 1.93. The fourth-order valence-corrected chi connectivity index (χ4v) is 0.445. The van der Waals surface area contributed by atoms with E-state index in [1.54, 1.807) is 0 Å². The van der Waals surface area contributed by atoms with Gasteiger partial charge in [-0.2, -0.15) is 0 Å². The van der Waals surface area contributed by atoms with Gasteiger partial charge in [-0.05, 0) is 0 Å². The predicted octanol–water partition coefficient (Wildman–Crippen LogP) is 0.617. The summed E-state index contributed by atoms with van der Waals surface area (Å²) in [6.07, 6.45) is 0.781. The van der Waals surface area contributed by atoms with Crippen molar-refractivity contribution >= 4 is 0 Å². The molecule has 0 saturated heterocycles. The standard InChI is InChI=1S/C6H15NO/c1-7(2,3)5-4-6-8/h6,8H,4-5H2,1-3H3/q+1. The summed E-state index contributed by atoms with van der Waals surface area (Å²) in [4.78, 5) is 0. The van der Waals surface area contributed by atoms with Crippen LogP contribution >= 0.6 is 0 Å². The molecule has 0 saturated carbocycles. The molecule has 0 aliphatic carbocycles. The summed E-state index contributed by atoms with van der Waals surface area (Å²) in [5, 5.41) is 8.29. The zero-order valence-electron chi connectivity index (χ0n) is 5.89. The van der Waals surface area contributed by atoms with Crippen LogP contribution in [0, 0.1) is 6.61 Å². The lowest BCUT2D eigenvalue weighted by Gasteiger charge is -2.22. The number of aliphatic hydroxyl groups is 1. The Morgan fingerprint density at radius 3 is 2.00 bits per heavy atom. The summed E-state index contributed by atoms with van der Waals surface area (Å²) in [5.74, 6) is 0. The van der Waals surface area contributed by atoms with Gasteiger partial charge in [0, 0.05) is 6.42 Å². The molecule has 0 aromatic rings. The minimum absolute atomic E-state index is 0.781. The van der Waals surface area contributed by atoms with Crippen LogP contribution in [0.4, 0.5) is 0 Å². The highest BCUT2D eigenvalue weighted by molar-refractivity contribution is 4.42. The monoisotopic (exact) mass is 117 g/mol. The Labute approximate surface area is 51.3 Å². The first-order valence-corrected chi connectivity index (χ1v) is 2.82. The zero-order chi connectivity index (χ0) is 6.62. The van der Waals surface area contributed by atoms with Gasteiger partial charge in [-0.25, -0.2) is 0 Å². The first-order chi connectivity index (χ1) is 3.56. The van der Waals surface area contributed by atoms with Gasteiger partial charge >= 0.3 is 0 Å². The van der Waals surface area contributed by atoms with E-state index in [1.807, 2.05) is 0 Å². The fourth-order valence-electron chi connectivity index (χ4n) is 0.445. The Morgan fingerprint density at radius 2 is 1.88 bits per heavy atom. The van der Waals surface area contributed by atoms with Crippen LogP contribution in [-0.4, -0.2) is 37.3 Å². The summed E-state index contributed by atoms with van der Waals surface area (Å²) in [5.41, 5.74) is 0. The van der Waals surface area contributed by atoms with E-state index in [-0.39, 0.29) is 0 Å². The average Bonchev–Trinajstić information content (AvgIpc) is 1.59. The van der Waals surface area contributed by atoms with Crippen molar-refractivity contribution in [3.63, 3.8) is 0 Å². The third-order valence-corrected chi connectivity index (χ3v) is 0.929. The maximum atomic E-state index is 8.29. The molecule has 49 valence electrons. The highest BCUT2D eigenvalue weighted by atomic mass is 16.3. The molecule has 0 fully saturated rings. The van der Waals surface area contributed by atoms with Crippen LogP contribution in [0.3, 0.4) is 0 Å². The Morgan fingerprint density at radius 1 is 1.38 bits per heavy atom. The second kappa shape index (κ2) is 3.05. The zero-order valence-corrected chi connectivity index (χ0v) is 5.89. The average molecular weight is 117 g/mol. The minimum atomic E-state index is 0.781. The Bertz CT molecular complexity index is 56.0. The summed E-state index contributed by atoms with van der Waals surface area (Å²) in [6, 6.07) is 0. The third kappa shape index (κ3) is 5.92. The van der Waals surface area contributed by atoms with Crippen molar-refractivity contribution < 1.29 is 9.59 Å². The second-order valence-corrected chi connectivity index (χ2v) is 2.99. The van der Waals surface area contributed by atoms with Crippen molar-refractivity contribution in [2.45, 2.75) is 6.42 Å². The number of aliphatic hydroxyl groups excluding tert-OH is 1. The third-order valence-electron chi connectivity index (χ3n) is 0.929. The Hall–Kier alpha value is -0.0800. The van der Waals surface area contributed by atoms with Crippen molar-refractivity contribution in [1.29, 1.82) is 0 Å². The van der Waals surface area contributed by atoms with Crippen molar-refractivity contribution in [3.05, 3.63) is 6.61 Å². The van der Waals surface area contributed by atoms with Crippen LogP contribution in [0.15, 0.2) is 0 Å². The summed E-state index contributed by atoms with van der Waals surface area (Å²) in [7, 11) is 6.30. The van der Waals surface area contributed by atoms with E-state index in [0.717, 1.165) is 17.4 Å². The van der Waals surface area contributed by atoms with E-state index >= 15 is 0 Å². The minimum Gasteiger partial charge on any atom is -0.390 e. The van der Waals surface area contributed by atoms with Gasteiger partial charge in [0.25, 0.3) is 0 Å². The molecule has 0 amide bonds. The van der Waals surface area contributed by atoms with Crippen molar-refractivity contribution in [1.82, 2.24) is 0 Å². The van der Waals surface area contributed by atoms with Crippen molar-refractivity contribution in [3.8, 4) is 0 Å². The number of rotatable bonds is 3. The quantitative estimate of drug-likeness (QED) is 0.537. The first-order valence-electron chi connectivity index (χ1n) is 2.82. The topological polar surface area (TPSA) is 20.2 Å². The lowest BCUT2D eigenvalue weighted by atomic mass is 10.4. The molecular formula is C6H15NO+. The van der Waals surface area contributed by atoms with Crippen molar-refractivity contribution in [2.24, 2.45) is 0 Å². The molecule has 0 rings (SSSR count). The van der Waals surface area contributed by atoms with E-state index in [9.17, 15) is 0 Å². The van der Waals surface area contributed by atoms with Crippen LogP contribution < -0.4 is 0 Å². The van der Waals surface area contributed by atoms with Gasteiger partial charge in [0.05, 0.1) is 34.3 Å². The number of nitrogens with zero attached hydrogens (tertiary/aromatic N) is 1. The molecule has 0 aliphatic heterocycles. The lowest BCUT2D eigenvalue weighted by Crippen LogP contribution is -2.35. The molecule has 1 radical (unpaired) electrons. The molecule has 2 nitrogen and oxygen atoms in total. The molecular weight excluding hydrogens is 102 g/mol. The molecule has 0 aliphatic rings. The normalized spacial score (nSPS) is 12.0. The van der Waals surface area contributed by atoms with Gasteiger partial charge in [0.15, 0.2) is 0 Å². The molecule has 0 unspecified atom stereocenters. The van der Waals surface area contributed by atoms with E-state index in [0.29, 0.717) is 0 Å². The number of hydrogen-bond acceptors (Lipinski definition) is 1. The Balaban J connectivity index is 3.11. The maximum absolute atomic E-state index is 8.29. The van der Waals surface area contributed by atoms with E-state index in [2.05, 4.69) is 21.1 Å². The summed E-state index contributed by atoms with van der Waals surface area (Å²) >= 11 is 0. The van der Waals surface area contributed by atoms with Gasteiger partial charge in [-0.1, -0.05) is 0 Å². The Kier molecular flexibility index (Phi) is 3.02. The van der Waals surface area contributed by atoms with Crippen LogP contribution in [0.2, 0.25) is 0 Å². The van der Waals surface area contributed by atoms with Crippen molar-refractivity contribution in [2.75, 3.05) is 27.7 Å². The summed E-state index contributed by atoms with van der Waals surface area (Å²) in [6.45, 7) is 2.21. The van der Waals surface area contributed by atoms with Crippen LogP contribution in [-0.2, 0) is 0 Å². The molecule has 0 heterocycles. The van der Waals surface area contributed by atoms with Gasteiger partial charge in [-0.15, -0.1) is 0 Å². The van der Waals surface area contributed by atoms with E-state index < -0.39 is 0 Å². The largest absolute Gasteiger partial charge is 0.390 e. The fraction of sp³-hybridized carbons (Fsp3) is 0.833. The highest BCUT2D eigenvalue weighted by Gasteiger charge is 2.03. The molecule has 0 aromatic heterocycles. The first kappa shape index (κ1) is 7.92.